The third-order valence-electron chi connectivity index (χ3n) is 1.43. The predicted octanol–water partition coefficient (Wildman–Crippen LogP) is 0.942. The maximum Gasteiger partial charge on any atom is 0.354 e. The van der Waals surface area contributed by atoms with Crippen molar-refractivity contribution in [2.24, 2.45) is 0 Å². The second-order valence-electron chi connectivity index (χ2n) is 2.57. The van der Waals surface area contributed by atoms with Crippen LogP contribution in [0.5, 0.6) is 0 Å². The van der Waals surface area contributed by atoms with Gasteiger partial charge in [-0.3, -0.25) is 4.79 Å². The molecule has 0 aliphatic carbocycles. The predicted molar refractivity (Wildman–Crippen MR) is 47.6 cm³/mol. The van der Waals surface area contributed by atoms with Gasteiger partial charge in [-0.1, -0.05) is 6.92 Å². The maximum absolute atomic E-state index is 11.2. The standard InChI is InChI=1S/C9H11NO3/c1-2-5-13-9(12)8-6-7(11)3-4-10-8/h3-4,6H,2,5H2,1H3,(H,10,11). The van der Waals surface area contributed by atoms with E-state index in [4.69, 9.17) is 4.74 Å². The second kappa shape index (κ2) is 4.45. The van der Waals surface area contributed by atoms with Crippen LogP contribution in [0.15, 0.2) is 23.1 Å². The summed E-state index contributed by atoms with van der Waals surface area (Å²) in [6.07, 6.45) is 2.19. The van der Waals surface area contributed by atoms with Gasteiger partial charge in [0.15, 0.2) is 5.43 Å². The fourth-order valence-corrected chi connectivity index (χ4v) is 0.836. The number of nitrogens with one attached hydrogen (secondary N) is 1. The number of carbonyl (C=O) groups is 1. The minimum absolute atomic E-state index is 0.195. The molecule has 1 rings (SSSR count). The van der Waals surface area contributed by atoms with Gasteiger partial charge < -0.3 is 9.72 Å². The van der Waals surface area contributed by atoms with Gasteiger partial charge in [0.05, 0.1) is 6.61 Å². The van der Waals surface area contributed by atoms with Crippen molar-refractivity contribution in [2.45, 2.75) is 13.3 Å². The zero-order valence-corrected chi connectivity index (χ0v) is 7.37. The minimum atomic E-state index is -0.487. The average Bonchev–Trinajstić information content (AvgIpc) is 2.14. The Morgan fingerprint density at radius 1 is 1.62 bits per heavy atom. The summed E-state index contributed by atoms with van der Waals surface area (Å²) in [5, 5.41) is 0. The van der Waals surface area contributed by atoms with Gasteiger partial charge in [0.2, 0.25) is 0 Å². The number of esters is 1. The molecule has 0 radical (unpaired) electrons. The molecule has 1 N–H and O–H groups in total. The smallest absolute Gasteiger partial charge is 0.354 e. The van der Waals surface area contributed by atoms with E-state index in [1.807, 2.05) is 6.92 Å². The summed E-state index contributed by atoms with van der Waals surface area (Å²) in [5.74, 6) is -0.487. The molecule has 0 fully saturated rings. The average molecular weight is 181 g/mol. The molecule has 1 aromatic rings. The molecule has 0 saturated heterocycles. The Hall–Kier alpha value is -1.58. The molecular weight excluding hydrogens is 170 g/mol. The van der Waals surface area contributed by atoms with Crippen molar-refractivity contribution in [1.29, 1.82) is 0 Å². The Kier molecular flexibility index (Phi) is 3.25. The number of hydrogen-bond acceptors (Lipinski definition) is 3. The third kappa shape index (κ3) is 2.74. The van der Waals surface area contributed by atoms with Gasteiger partial charge in [0.1, 0.15) is 5.69 Å². The van der Waals surface area contributed by atoms with E-state index in [1.54, 1.807) is 0 Å². The molecule has 0 unspecified atom stereocenters. The lowest BCUT2D eigenvalue weighted by Gasteiger charge is -2.01. The Morgan fingerprint density at radius 3 is 3.00 bits per heavy atom. The first-order valence-corrected chi connectivity index (χ1v) is 4.10. The van der Waals surface area contributed by atoms with Gasteiger partial charge in [-0.2, -0.15) is 0 Å². The lowest BCUT2D eigenvalue weighted by atomic mass is 10.3. The Balaban J connectivity index is 2.71. The fourth-order valence-electron chi connectivity index (χ4n) is 0.836. The van der Waals surface area contributed by atoms with E-state index in [0.29, 0.717) is 6.61 Å². The largest absolute Gasteiger partial charge is 0.461 e. The van der Waals surface area contributed by atoms with Crippen LogP contribution in [0.2, 0.25) is 0 Å². The molecule has 0 atom stereocenters. The topological polar surface area (TPSA) is 59.2 Å². The van der Waals surface area contributed by atoms with E-state index < -0.39 is 5.97 Å². The normalized spacial score (nSPS) is 9.62. The van der Waals surface area contributed by atoms with Crippen LogP contribution in [0, 0.1) is 0 Å². The molecule has 0 saturated carbocycles. The van der Waals surface area contributed by atoms with Crippen molar-refractivity contribution in [3.8, 4) is 0 Å². The molecule has 4 heteroatoms. The molecule has 13 heavy (non-hydrogen) atoms. The highest BCUT2D eigenvalue weighted by atomic mass is 16.5. The van der Waals surface area contributed by atoms with E-state index in [-0.39, 0.29) is 11.1 Å². The van der Waals surface area contributed by atoms with Crippen LogP contribution < -0.4 is 5.43 Å². The molecule has 0 bridgehead atoms. The highest BCUT2D eigenvalue weighted by Crippen LogP contribution is 1.93. The van der Waals surface area contributed by atoms with E-state index >= 15 is 0 Å². The molecule has 0 spiro atoms. The van der Waals surface area contributed by atoms with Gasteiger partial charge in [0.25, 0.3) is 0 Å². The van der Waals surface area contributed by atoms with Gasteiger partial charge in [-0.05, 0) is 6.42 Å². The van der Waals surface area contributed by atoms with Crippen LogP contribution in [-0.2, 0) is 4.74 Å². The van der Waals surface area contributed by atoms with Gasteiger partial charge in [0, 0.05) is 18.3 Å². The number of carbonyl (C=O) groups excluding carboxylic acids is 1. The first kappa shape index (κ1) is 9.51. The molecular formula is C9H11NO3. The number of aromatic nitrogens is 1. The molecule has 1 aromatic heterocycles. The molecule has 0 aromatic carbocycles. The molecule has 1 heterocycles. The summed E-state index contributed by atoms with van der Waals surface area (Å²) < 4.78 is 4.82. The molecule has 0 aliphatic rings. The van der Waals surface area contributed by atoms with E-state index in [1.165, 1.54) is 18.3 Å². The first-order valence-electron chi connectivity index (χ1n) is 4.10. The number of H-pyrrole nitrogens is 1. The highest BCUT2D eigenvalue weighted by molar-refractivity contribution is 5.86. The van der Waals surface area contributed by atoms with E-state index in [2.05, 4.69) is 4.98 Å². The summed E-state index contributed by atoms with van der Waals surface area (Å²) in [4.78, 5) is 24.6. The monoisotopic (exact) mass is 181 g/mol. The lowest BCUT2D eigenvalue weighted by Crippen LogP contribution is -2.11. The summed E-state index contributed by atoms with van der Waals surface area (Å²) in [5.41, 5.74) is -0.0110. The van der Waals surface area contributed by atoms with Gasteiger partial charge in [-0.25, -0.2) is 4.79 Å². The quantitative estimate of drug-likeness (QED) is 0.706. The summed E-state index contributed by atoms with van der Waals surface area (Å²) in [7, 11) is 0. The Labute approximate surface area is 75.5 Å². The van der Waals surface area contributed by atoms with Gasteiger partial charge in [-0.15, -0.1) is 0 Å². The molecule has 0 aliphatic heterocycles. The first-order chi connectivity index (χ1) is 6.24. The zero-order valence-electron chi connectivity index (χ0n) is 7.37. The van der Waals surface area contributed by atoms with Crippen molar-refractivity contribution in [2.75, 3.05) is 6.61 Å². The third-order valence-corrected chi connectivity index (χ3v) is 1.43. The number of ether oxygens (including phenoxy) is 1. The van der Waals surface area contributed by atoms with E-state index in [0.717, 1.165) is 6.42 Å². The molecule has 0 amide bonds. The van der Waals surface area contributed by atoms with Crippen LogP contribution in [0.4, 0.5) is 0 Å². The minimum Gasteiger partial charge on any atom is -0.461 e. The van der Waals surface area contributed by atoms with E-state index in [9.17, 15) is 9.59 Å². The Bertz CT molecular complexity index is 343. The number of rotatable bonds is 3. The maximum atomic E-state index is 11.2. The SMILES string of the molecule is CCCOC(=O)c1cc(=O)cc[nH]1. The van der Waals surface area contributed by atoms with Crippen molar-refractivity contribution >= 4 is 5.97 Å². The summed E-state index contributed by atoms with van der Waals surface area (Å²) in [6, 6.07) is 2.56. The van der Waals surface area contributed by atoms with Crippen molar-refractivity contribution in [1.82, 2.24) is 4.98 Å². The molecule has 4 nitrogen and oxygen atoms in total. The van der Waals surface area contributed by atoms with Gasteiger partial charge >= 0.3 is 5.97 Å². The van der Waals surface area contributed by atoms with Crippen LogP contribution in [0.1, 0.15) is 23.8 Å². The van der Waals surface area contributed by atoms with Crippen LogP contribution in [-0.4, -0.2) is 17.6 Å². The summed E-state index contributed by atoms with van der Waals surface area (Å²) in [6.45, 7) is 2.27. The van der Waals surface area contributed by atoms with Crippen LogP contribution >= 0.6 is 0 Å². The van der Waals surface area contributed by atoms with Crippen LogP contribution in [0.3, 0.4) is 0 Å². The number of aromatic amines is 1. The van der Waals surface area contributed by atoms with Crippen molar-refractivity contribution in [3.05, 3.63) is 34.2 Å². The Morgan fingerprint density at radius 2 is 2.38 bits per heavy atom. The highest BCUT2D eigenvalue weighted by Gasteiger charge is 2.06. The zero-order chi connectivity index (χ0) is 9.68. The van der Waals surface area contributed by atoms with Crippen LogP contribution in [0.25, 0.3) is 0 Å². The number of hydrogen-bond donors (Lipinski definition) is 1. The fraction of sp³-hybridized carbons (Fsp3) is 0.333. The lowest BCUT2D eigenvalue weighted by molar-refractivity contribution is 0.0498. The summed E-state index contributed by atoms with van der Waals surface area (Å²) >= 11 is 0. The molecule has 70 valence electrons. The van der Waals surface area contributed by atoms with Crippen molar-refractivity contribution < 1.29 is 9.53 Å². The van der Waals surface area contributed by atoms with Crippen molar-refractivity contribution in [3.63, 3.8) is 0 Å². The second-order valence-corrected chi connectivity index (χ2v) is 2.57. The number of pyridine rings is 1.